The number of nitrogens with two attached hydrogens (primary N) is 1. The molecule has 94 valence electrons. The maximum Gasteiger partial charge on any atom is 0.325 e. The minimum Gasteiger partial charge on any atom is -0.504 e. The van der Waals surface area contributed by atoms with Gasteiger partial charge in [0.25, 0.3) is 0 Å². The molecule has 1 atom stereocenters. The van der Waals surface area contributed by atoms with Gasteiger partial charge in [-0.2, -0.15) is 0 Å². The average Bonchev–Trinajstić information content (AvgIpc) is 2.29. The lowest BCUT2D eigenvalue weighted by atomic mass is 10.0. The minimum atomic E-state index is -1.33. The first kappa shape index (κ1) is 13.1. The van der Waals surface area contributed by atoms with Gasteiger partial charge in [-0.1, -0.05) is 0 Å². The fraction of sp³-hybridized carbons (Fsp3) is 0.364. The Hall–Kier alpha value is -1.95. The van der Waals surface area contributed by atoms with E-state index in [4.69, 9.17) is 20.3 Å². The first-order valence-corrected chi connectivity index (χ1v) is 4.86. The molecular weight excluding hydrogens is 226 g/mol. The van der Waals surface area contributed by atoms with E-state index < -0.39 is 12.0 Å². The van der Waals surface area contributed by atoms with Crippen LogP contribution in [0.5, 0.6) is 17.2 Å². The van der Waals surface area contributed by atoms with Gasteiger partial charge in [0.15, 0.2) is 11.5 Å². The Labute approximate surface area is 98.6 Å². The van der Waals surface area contributed by atoms with E-state index in [2.05, 4.69) is 0 Å². The number of aliphatic carboxylic acids is 1. The molecule has 0 aliphatic carbocycles. The highest BCUT2D eigenvalue weighted by Gasteiger charge is 2.24. The van der Waals surface area contributed by atoms with E-state index in [0.29, 0.717) is 11.3 Å². The van der Waals surface area contributed by atoms with E-state index in [0.717, 1.165) is 0 Å². The molecule has 1 aromatic carbocycles. The number of rotatable bonds is 4. The number of carbonyl (C=O) groups is 1. The van der Waals surface area contributed by atoms with Crippen LogP contribution < -0.4 is 15.2 Å². The Morgan fingerprint density at radius 1 is 1.41 bits per heavy atom. The summed E-state index contributed by atoms with van der Waals surface area (Å²) >= 11 is 0. The van der Waals surface area contributed by atoms with Crippen molar-refractivity contribution in [2.45, 2.75) is 13.0 Å². The average molecular weight is 241 g/mol. The van der Waals surface area contributed by atoms with E-state index >= 15 is 0 Å². The second-order valence-electron chi connectivity index (χ2n) is 3.49. The molecule has 0 aliphatic rings. The van der Waals surface area contributed by atoms with Crippen molar-refractivity contribution in [3.8, 4) is 17.2 Å². The van der Waals surface area contributed by atoms with Gasteiger partial charge in [0.1, 0.15) is 11.8 Å². The molecule has 0 unspecified atom stereocenters. The molecule has 0 fully saturated rings. The Morgan fingerprint density at radius 3 is 2.41 bits per heavy atom. The second-order valence-corrected chi connectivity index (χ2v) is 3.49. The monoisotopic (exact) mass is 241 g/mol. The highest BCUT2D eigenvalue weighted by atomic mass is 16.5. The van der Waals surface area contributed by atoms with Gasteiger partial charge in [-0.3, -0.25) is 4.79 Å². The van der Waals surface area contributed by atoms with E-state index in [9.17, 15) is 9.90 Å². The molecule has 17 heavy (non-hydrogen) atoms. The summed E-state index contributed by atoms with van der Waals surface area (Å²) < 4.78 is 10.1. The van der Waals surface area contributed by atoms with Crippen LogP contribution in [0.3, 0.4) is 0 Å². The maximum absolute atomic E-state index is 10.8. The van der Waals surface area contributed by atoms with Gasteiger partial charge in [0.05, 0.1) is 14.2 Å². The van der Waals surface area contributed by atoms with Crippen LogP contribution in [0, 0.1) is 6.92 Å². The first-order valence-electron chi connectivity index (χ1n) is 4.86. The van der Waals surface area contributed by atoms with Crippen molar-refractivity contribution in [3.63, 3.8) is 0 Å². The quantitative estimate of drug-likeness (QED) is 0.720. The molecule has 1 rings (SSSR count). The third-order valence-electron chi connectivity index (χ3n) is 2.51. The van der Waals surface area contributed by atoms with Crippen molar-refractivity contribution in [2.24, 2.45) is 5.73 Å². The number of carboxylic acids is 1. The molecule has 6 nitrogen and oxygen atoms in total. The fourth-order valence-electron chi connectivity index (χ4n) is 1.57. The molecule has 0 bridgehead atoms. The van der Waals surface area contributed by atoms with Crippen LogP contribution in [0.4, 0.5) is 0 Å². The van der Waals surface area contributed by atoms with Crippen molar-refractivity contribution in [2.75, 3.05) is 14.2 Å². The fourth-order valence-corrected chi connectivity index (χ4v) is 1.57. The maximum atomic E-state index is 10.8. The summed E-state index contributed by atoms with van der Waals surface area (Å²) in [4.78, 5) is 10.8. The summed E-state index contributed by atoms with van der Waals surface area (Å²) in [5, 5.41) is 18.7. The Balaban J connectivity index is 3.46. The molecule has 0 radical (unpaired) electrons. The van der Waals surface area contributed by atoms with Crippen molar-refractivity contribution >= 4 is 5.97 Å². The molecule has 0 spiro atoms. The second kappa shape index (κ2) is 4.92. The zero-order valence-electron chi connectivity index (χ0n) is 9.85. The predicted molar refractivity (Wildman–Crippen MR) is 60.5 cm³/mol. The molecular formula is C11H15NO5. The van der Waals surface area contributed by atoms with Crippen LogP contribution in [0.15, 0.2) is 6.07 Å². The summed E-state index contributed by atoms with van der Waals surface area (Å²) in [5.74, 6) is -0.948. The summed E-state index contributed by atoms with van der Waals surface area (Å²) in [6.07, 6.45) is 0. The lowest BCUT2D eigenvalue weighted by Gasteiger charge is -2.17. The van der Waals surface area contributed by atoms with Crippen LogP contribution in [-0.4, -0.2) is 30.4 Å². The molecule has 0 saturated carbocycles. The predicted octanol–water partition coefficient (Wildman–Crippen LogP) is 0.802. The number of phenolic OH excluding ortho intramolecular Hbond substituents is 1. The van der Waals surface area contributed by atoms with Crippen molar-refractivity contribution in [1.29, 1.82) is 0 Å². The zero-order chi connectivity index (χ0) is 13.2. The number of benzene rings is 1. The van der Waals surface area contributed by atoms with E-state index in [1.54, 1.807) is 6.92 Å². The van der Waals surface area contributed by atoms with Gasteiger partial charge in [-0.15, -0.1) is 0 Å². The number of aromatic hydroxyl groups is 1. The number of phenols is 1. The lowest BCUT2D eigenvalue weighted by molar-refractivity contribution is -0.138. The first-order chi connectivity index (χ1) is 7.93. The minimum absolute atomic E-state index is 0.0526. The summed E-state index contributed by atoms with van der Waals surface area (Å²) in [5.41, 5.74) is 6.10. The van der Waals surface area contributed by atoms with E-state index in [1.807, 2.05) is 0 Å². The number of carboxylic acid groups (broad SMARTS) is 1. The van der Waals surface area contributed by atoms with Gasteiger partial charge >= 0.3 is 5.97 Å². The van der Waals surface area contributed by atoms with E-state index in [1.165, 1.54) is 20.3 Å². The Bertz CT molecular complexity index is 444. The highest BCUT2D eigenvalue weighted by molar-refractivity contribution is 5.78. The number of hydrogen-bond donors (Lipinski definition) is 3. The van der Waals surface area contributed by atoms with Crippen LogP contribution >= 0.6 is 0 Å². The Kier molecular flexibility index (Phi) is 3.80. The summed E-state index contributed by atoms with van der Waals surface area (Å²) in [7, 11) is 2.81. The summed E-state index contributed by atoms with van der Waals surface area (Å²) in [6, 6.07) is 0.0600. The van der Waals surface area contributed by atoms with Gasteiger partial charge in [0, 0.05) is 11.1 Å². The zero-order valence-corrected chi connectivity index (χ0v) is 9.85. The normalized spacial score (nSPS) is 12.0. The molecule has 0 heterocycles. The van der Waals surface area contributed by atoms with Crippen molar-refractivity contribution in [1.82, 2.24) is 0 Å². The third-order valence-corrected chi connectivity index (χ3v) is 2.51. The van der Waals surface area contributed by atoms with E-state index in [-0.39, 0.29) is 17.1 Å². The van der Waals surface area contributed by atoms with Crippen LogP contribution in [0.25, 0.3) is 0 Å². The van der Waals surface area contributed by atoms with Crippen molar-refractivity contribution in [3.05, 3.63) is 17.2 Å². The van der Waals surface area contributed by atoms with Crippen LogP contribution in [0.1, 0.15) is 17.2 Å². The lowest BCUT2D eigenvalue weighted by Crippen LogP contribution is -2.21. The highest BCUT2D eigenvalue weighted by Crippen LogP contribution is 2.41. The number of methoxy groups -OCH3 is 2. The van der Waals surface area contributed by atoms with Gasteiger partial charge in [-0.25, -0.2) is 0 Å². The van der Waals surface area contributed by atoms with Crippen molar-refractivity contribution < 1.29 is 24.5 Å². The van der Waals surface area contributed by atoms with Crippen LogP contribution in [0.2, 0.25) is 0 Å². The third kappa shape index (κ3) is 2.26. The number of ether oxygens (including phenoxy) is 2. The topological polar surface area (TPSA) is 102 Å². The van der Waals surface area contributed by atoms with Gasteiger partial charge in [-0.05, 0) is 13.0 Å². The van der Waals surface area contributed by atoms with Gasteiger partial charge < -0.3 is 25.4 Å². The van der Waals surface area contributed by atoms with Gasteiger partial charge in [0.2, 0.25) is 0 Å². The number of hydrogen-bond acceptors (Lipinski definition) is 5. The molecule has 0 aliphatic heterocycles. The molecule has 0 aromatic heterocycles. The smallest absolute Gasteiger partial charge is 0.325 e. The largest absolute Gasteiger partial charge is 0.504 e. The SMILES string of the molecule is COc1cc([C@@H](N)C(=O)O)c(O)c(OC)c1C. The molecule has 6 heteroatoms. The molecule has 4 N–H and O–H groups in total. The molecule has 0 amide bonds. The molecule has 0 saturated heterocycles. The summed E-state index contributed by atoms with van der Waals surface area (Å²) in [6.45, 7) is 1.69. The molecule has 1 aromatic rings. The Morgan fingerprint density at radius 2 is 2.00 bits per heavy atom. The van der Waals surface area contributed by atoms with Crippen LogP contribution in [-0.2, 0) is 4.79 Å². The standard InChI is InChI=1S/C11H15NO5/c1-5-7(16-2)4-6(8(12)11(14)15)9(13)10(5)17-3/h4,8,13H,12H2,1-3H3,(H,14,15)/t8-/m1/s1.